The molecule has 0 bridgehead atoms. The number of hydrogen-bond donors (Lipinski definition) is 2. The average molecular weight is 462 g/mol. The monoisotopic (exact) mass is 461 g/mol. The van der Waals surface area contributed by atoms with Crippen molar-refractivity contribution in [3.63, 3.8) is 0 Å². The van der Waals surface area contributed by atoms with E-state index in [1.54, 1.807) is 12.4 Å². The van der Waals surface area contributed by atoms with Crippen LogP contribution in [0.3, 0.4) is 0 Å². The van der Waals surface area contributed by atoms with Gasteiger partial charge in [0.1, 0.15) is 0 Å². The molecule has 1 unspecified atom stereocenters. The highest BCUT2D eigenvalue weighted by molar-refractivity contribution is 5.41. The standard InChI is InChI=1S/C26H31N5O3/c27-22-4-1-3-21(15-22)25-33-23(16-24(34-25)20-7-5-19(18-32)6-8-20)17-30-11-13-31(14-12-30)26-28-9-2-10-29-26/h1-10,15,23-25,32H,11-14,16-18,27H2/t23-,24+,25?/m0/s1. The van der Waals surface area contributed by atoms with E-state index < -0.39 is 6.29 Å². The van der Waals surface area contributed by atoms with Gasteiger partial charge < -0.3 is 25.2 Å². The van der Waals surface area contributed by atoms with Crippen LogP contribution < -0.4 is 10.6 Å². The lowest BCUT2D eigenvalue weighted by Crippen LogP contribution is -2.50. The minimum atomic E-state index is -0.483. The van der Waals surface area contributed by atoms with Crippen LogP contribution >= 0.6 is 0 Å². The van der Waals surface area contributed by atoms with E-state index >= 15 is 0 Å². The third kappa shape index (κ3) is 5.37. The van der Waals surface area contributed by atoms with E-state index in [0.29, 0.717) is 5.69 Å². The molecule has 2 saturated heterocycles. The molecule has 0 spiro atoms. The van der Waals surface area contributed by atoms with E-state index in [9.17, 15) is 5.11 Å². The van der Waals surface area contributed by atoms with Gasteiger partial charge in [0, 0.05) is 62.8 Å². The molecular formula is C26H31N5O3. The largest absolute Gasteiger partial charge is 0.399 e. The highest BCUT2D eigenvalue weighted by atomic mass is 16.7. The zero-order chi connectivity index (χ0) is 23.3. The fraction of sp³-hybridized carbons (Fsp3) is 0.385. The second-order valence-electron chi connectivity index (χ2n) is 8.86. The quantitative estimate of drug-likeness (QED) is 0.541. The predicted molar refractivity (Wildman–Crippen MR) is 130 cm³/mol. The molecule has 8 nitrogen and oxygen atoms in total. The van der Waals surface area contributed by atoms with E-state index in [1.807, 2.05) is 54.6 Å². The van der Waals surface area contributed by atoms with E-state index in [0.717, 1.165) is 61.8 Å². The predicted octanol–water partition coefficient (Wildman–Crippen LogP) is 2.92. The maximum atomic E-state index is 9.39. The Morgan fingerprint density at radius 1 is 0.912 bits per heavy atom. The van der Waals surface area contributed by atoms with Gasteiger partial charge in [0.2, 0.25) is 5.95 Å². The maximum Gasteiger partial charge on any atom is 0.225 e. The molecule has 0 aliphatic carbocycles. The third-order valence-corrected chi connectivity index (χ3v) is 6.47. The summed E-state index contributed by atoms with van der Waals surface area (Å²) in [5, 5.41) is 9.39. The van der Waals surface area contributed by atoms with Crippen LogP contribution in [-0.2, 0) is 16.1 Å². The molecule has 0 radical (unpaired) electrons. The van der Waals surface area contributed by atoms with E-state index in [2.05, 4.69) is 19.8 Å². The van der Waals surface area contributed by atoms with Crippen LogP contribution in [0, 0.1) is 0 Å². The Morgan fingerprint density at radius 2 is 1.68 bits per heavy atom. The van der Waals surface area contributed by atoms with Crippen LogP contribution in [0.5, 0.6) is 0 Å². The van der Waals surface area contributed by atoms with E-state index in [1.165, 1.54) is 0 Å². The molecule has 2 aliphatic heterocycles. The summed E-state index contributed by atoms with van der Waals surface area (Å²) in [6.07, 6.45) is 3.77. The number of nitrogens with two attached hydrogens (primary N) is 1. The second-order valence-corrected chi connectivity index (χ2v) is 8.86. The number of ether oxygens (including phenoxy) is 2. The molecule has 8 heteroatoms. The number of benzene rings is 2. The van der Waals surface area contributed by atoms with Crippen LogP contribution in [0.1, 0.15) is 35.5 Å². The lowest BCUT2D eigenvalue weighted by molar-refractivity contribution is -0.253. The molecule has 2 aliphatic rings. The molecular weight excluding hydrogens is 430 g/mol. The molecule has 3 aromatic rings. The average Bonchev–Trinajstić information content (AvgIpc) is 2.89. The summed E-state index contributed by atoms with van der Waals surface area (Å²) in [6, 6.07) is 17.5. The first-order valence-electron chi connectivity index (χ1n) is 11.8. The minimum absolute atomic E-state index is 0.0159. The highest BCUT2D eigenvalue weighted by Gasteiger charge is 2.34. The fourth-order valence-corrected chi connectivity index (χ4v) is 4.61. The van der Waals surface area contributed by atoms with Crippen molar-refractivity contribution in [2.24, 2.45) is 0 Å². The molecule has 3 heterocycles. The van der Waals surface area contributed by atoms with Gasteiger partial charge in [-0.25, -0.2) is 9.97 Å². The Hall–Kier alpha value is -3.04. The molecule has 178 valence electrons. The molecule has 5 rings (SSSR count). The molecule has 34 heavy (non-hydrogen) atoms. The number of nitrogen functional groups attached to an aromatic ring is 1. The summed E-state index contributed by atoms with van der Waals surface area (Å²) in [4.78, 5) is 13.4. The van der Waals surface area contributed by atoms with Crippen LogP contribution in [0.15, 0.2) is 67.0 Å². The van der Waals surface area contributed by atoms with Crippen LogP contribution in [0.2, 0.25) is 0 Å². The molecule has 1 aromatic heterocycles. The summed E-state index contributed by atoms with van der Waals surface area (Å²) in [6.45, 7) is 4.49. The number of aliphatic hydroxyl groups excluding tert-OH is 1. The van der Waals surface area contributed by atoms with Crippen molar-refractivity contribution < 1.29 is 14.6 Å². The van der Waals surface area contributed by atoms with Crippen molar-refractivity contribution in [3.05, 3.63) is 83.7 Å². The van der Waals surface area contributed by atoms with Crippen molar-refractivity contribution in [1.29, 1.82) is 0 Å². The zero-order valence-electron chi connectivity index (χ0n) is 19.2. The van der Waals surface area contributed by atoms with Crippen molar-refractivity contribution in [2.45, 2.75) is 31.5 Å². The third-order valence-electron chi connectivity index (χ3n) is 6.47. The van der Waals surface area contributed by atoms with Crippen molar-refractivity contribution in [1.82, 2.24) is 14.9 Å². The van der Waals surface area contributed by atoms with Gasteiger partial charge in [0.15, 0.2) is 6.29 Å². The highest BCUT2D eigenvalue weighted by Crippen LogP contribution is 2.38. The van der Waals surface area contributed by atoms with Crippen LogP contribution in [0.25, 0.3) is 0 Å². The summed E-state index contributed by atoms with van der Waals surface area (Å²) in [5.74, 6) is 0.789. The van der Waals surface area contributed by atoms with Gasteiger partial charge in [0.25, 0.3) is 0 Å². The first kappa shape index (κ1) is 22.7. The van der Waals surface area contributed by atoms with Gasteiger partial charge >= 0.3 is 0 Å². The zero-order valence-corrected chi connectivity index (χ0v) is 19.2. The number of aromatic nitrogens is 2. The number of aliphatic hydroxyl groups is 1. The van der Waals surface area contributed by atoms with Crippen molar-refractivity contribution in [2.75, 3.05) is 43.4 Å². The summed E-state index contributed by atoms with van der Waals surface area (Å²) in [5.41, 5.74) is 9.62. The molecule has 0 amide bonds. The lowest BCUT2D eigenvalue weighted by Gasteiger charge is -2.40. The number of anilines is 2. The smallest absolute Gasteiger partial charge is 0.225 e. The Kier molecular flexibility index (Phi) is 7.01. The molecule has 3 N–H and O–H groups in total. The van der Waals surface area contributed by atoms with Crippen LogP contribution in [-0.4, -0.2) is 58.8 Å². The van der Waals surface area contributed by atoms with E-state index in [4.69, 9.17) is 15.2 Å². The normalized spacial score (nSPS) is 23.7. The van der Waals surface area contributed by atoms with E-state index in [-0.39, 0.29) is 18.8 Å². The van der Waals surface area contributed by atoms with Gasteiger partial charge in [-0.15, -0.1) is 0 Å². The Bertz CT molecular complexity index is 1060. The fourth-order valence-electron chi connectivity index (χ4n) is 4.61. The SMILES string of the molecule is Nc1cccc(C2O[C@H](CN3CCN(c4ncccn4)CC3)C[C@H](c3ccc(CO)cc3)O2)c1. The maximum absolute atomic E-state index is 9.39. The Balaban J connectivity index is 1.28. The van der Waals surface area contributed by atoms with Gasteiger partial charge in [-0.1, -0.05) is 36.4 Å². The number of nitrogens with zero attached hydrogens (tertiary/aromatic N) is 4. The number of hydrogen-bond acceptors (Lipinski definition) is 8. The number of rotatable bonds is 6. The first-order chi connectivity index (χ1) is 16.7. The van der Waals surface area contributed by atoms with Crippen LogP contribution in [0.4, 0.5) is 11.6 Å². The minimum Gasteiger partial charge on any atom is -0.399 e. The summed E-state index contributed by atoms with van der Waals surface area (Å²) < 4.78 is 12.8. The second kappa shape index (κ2) is 10.5. The first-order valence-corrected chi connectivity index (χ1v) is 11.8. The van der Waals surface area contributed by atoms with Gasteiger partial charge in [-0.05, 0) is 29.3 Å². The molecule has 2 fully saturated rings. The summed E-state index contributed by atoms with van der Waals surface area (Å²) >= 11 is 0. The van der Waals surface area contributed by atoms with Gasteiger partial charge in [-0.2, -0.15) is 0 Å². The summed E-state index contributed by atoms with van der Waals surface area (Å²) in [7, 11) is 0. The lowest BCUT2D eigenvalue weighted by atomic mass is 9.99. The van der Waals surface area contributed by atoms with Gasteiger partial charge in [-0.3, -0.25) is 4.90 Å². The Morgan fingerprint density at radius 3 is 2.38 bits per heavy atom. The molecule has 2 aromatic carbocycles. The van der Waals surface area contributed by atoms with Crippen molar-refractivity contribution >= 4 is 11.6 Å². The Labute approximate surface area is 200 Å². The number of piperazine rings is 1. The molecule has 3 atom stereocenters. The molecule has 0 saturated carbocycles. The topological polar surface area (TPSA) is 97.0 Å². The van der Waals surface area contributed by atoms with Crippen molar-refractivity contribution in [3.8, 4) is 0 Å². The van der Waals surface area contributed by atoms with Gasteiger partial charge in [0.05, 0.1) is 18.8 Å².